The number of rotatable bonds is 4. The SMILES string of the molecule is C1=CC2=C(c3ccccc3)c3ccc4[n]3[Sb][n]3c(ccc3=C(c3ccccc3)C3=NC(=C4c4ccccc4)C=C3)=C(c3ccccc3)C1=N2. The van der Waals surface area contributed by atoms with E-state index >= 15 is 0 Å². The molecule has 1 radical (unpaired) electrons. The molecule has 229 valence electrons. The van der Waals surface area contributed by atoms with Gasteiger partial charge in [0.1, 0.15) is 0 Å². The summed E-state index contributed by atoms with van der Waals surface area (Å²) in [5.41, 5.74) is 15.5. The van der Waals surface area contributed by atoms with Crippen LogP contribution < -0.4 is 10.7 Å². The zero-order valence-electron chi connectivity index (χ0n) is 26.4. The first-order chi connectivity index (χ1) is 24.3. The summed E-state index contributed by atoms with van der Waals surface area (Å²) in [6.07, 6.45) is 8.80. The molecule has 4 aliphatic rings. The second-order valence-electron chi connectivity index (χ2n) is 12.3. The van der Waals surface area contributed by atoms with Crippen LogP contribution in [0.2, 0.25) is 0 Å². The van der Waals surface area contributed by atoms with Gasteiger partial charge in [-0.2, -0.15) is 0 Å². The van der Waals surface area contributed by atoms with Crippen LogP contribution in [0.5, 0.6) is 0 Å². The second-order valence-corrected chi connectivity index (χ2v) is 15.1. The van der Waals surface area contributed by atoms with Crippen molar-refractivity contribution in [3.05, 3.63) is 226 Å². The van der Waals surface area contributed by atoms with Gasteiger partial charge in [-0.05, 0) is 0 Å². The van der Waals surface area contributed by atoms with E-state index in [1.54, 1.807) is 0 Å². The molecule has 4 aliphatic heterocycles. The summed E-state index contributed by atoms with van der Waals surface area (Å²) in [7, 11) is 0. The van der Waals surface area contributed by atoms with E-state index in [9.17, 15) is 0 Å². The fourth-order valence-corrected chi connectivity index (χ4v) is 10.8. The summed E-state index contributed by atoms with van der Waals surface area (Å²) in [6, 6.07) is 52.2. The number of nitrogens with zero attached hydrogens (tertiary/aromatic N) is 4. The molecule has 0 fully saturated rings. The Bertz CT molecular complexity index is 2450. The van der Waals surface area contributed by atoms with E-state index in [4.69, 9.17) is 9.98 Å². The molecule has 0 atom stereocenters. The monoisotopic (exact) mass is 733 g/mol. The van der Waals surface area contributed by atoms with E-state index in [2.05, 4.69) is 175 Å². The maximum absolute atomic E-state index is 5.45. The van der Waals surface area contributed by atoms with Crippen molar-refractivity contribution in [2.24, 2.45) is 9.98 Å². The topological polar surface area (TPSA) is 34.6 Å². The molecule has 4 nitrogen and oxygen atoms in total. The van der Waals surface area contributed by atoms with Crippen LogP contribution in [-0.2, 0) is 0 Å². The van der Waals surface area contributed by atoms with Crippen LogP contribution in [0.3, 0.4) is 0 Å². The molecule has 6 aromatic rings. The molecule has 0 unspecified atom stereocenters. The van der Waals surface area contributed by atoms with Gasteiger partial charge in [0, 0.05) is 0 Å². The third kappa shape index (κ3) is 4.59. The van der Waals surface area contributed by atoms with E-state index in [0.717, 1.165) is 67.4 Å². The van der Waals surface area contributed by atoms with Crippen molar-refractivity contribution in [1.82, 2.24) is 5.45 Å². The summed E-state index contributed by atoms with van der Waals surface area (Å²) >= 11 is -1.43. The molecule has 0 amide bonds. The third-order valence-corrected chi connectivity index (χ3v) is 12.9. The van der Waals surface area contributed by atoms with Gasteiger partial charge in [0.15, 0.2) is 0 Å². The quantitative estimate of drug-likeness (QED) is 0.172. The molecule has 49 heavy (non-hydrogen) atoms. The Morgan fingerprint density at radius 3 is 1.10 bits per heavy atom. The van der Waals surface area contributed by atoms with Crippen molar-refractivity contribution in [2.45, 2.75) is 0 Å². The normalized spacial score (nSPS) is 15.9. The minimum absolute atomic E-state index is 0.982. The fourth-order valence-electron chi connectivity index (χ4n) is 7.31. The Kier molecular flexibility index (Phi) is 6.63. The molecular formula is C44H28N4Sb. The molecule has 0 N–H and O–H groups in total. The molecule has 0 saturated heterocycles. The fraction of sp³-hybridized carbons (Fsp3) is 0. The number of hydrogen-bond acceptors (Lipinski definition) is 2. The average Bonchev–Trinajstić information content (AvgIpc) is 3.98. The van der Waals surface area contributed by atoms with E-state index < -0.39 is 22.2 Å². The van der Waals surface area contributed by atoms with Crippen LogP contribution in [0.1, 0.15) is 33.6 Å². The molecule has 6 bridgehead atoms. The molecule has 2 aromatic heterocycles. The summed E-state index contributed by atoms with van der Waals surface area (Å²) in [4.78, 5) is 10.9. The van der Waals surface area contributed by atoms with Crippen molar-refractivity contribution in [1.29, 1.82) is 0 Å². The Balaban J connectivity index is 1.43. The van der Waals surface area contributed by atoms with E-state index in [1.807, 2.05) is 0 Å². The minimum atomic E-state index is -1.43. The Labute approximate surface area is 295 Å². The standard InChI is InChI=1S/C44H28N4.Sb/c1-5-13-29(14-6-1)41-33-21-23-35(45-33)42(30-15-7-2-8-16-30)37-25-27-39(47-37)44(32-19-11-4-12-20-32)40-28-26-38(48-40)43(31-17-9-3-10-18-31)36-24-22-34(41)46-36;/h1-28H;/q-2;+2. The van der Waals surface area contributed by atoms with Crippen LogP contribution in [0.4, 0.5) is 0 Å². The predicted molar refractivity (Wildman–Crippen MR) is 201 cm³/mol. The Morgan fingerprint density at radius 1 is 0.347 bits per heavy atom. The van der Waals surface area contributed by atoms with Crippen LogP contribution in [0.15, 0.2) is 191 Å². The first-order valence-corrected chi connectivity index (χ1v) is 18.8. The molecule has 6 heterocycles. The molecule has 5 heteroatoms. The number of hydrogen-bond donors (Lipinski definition) is 0. The number of fused-ring (bicyclic) bond motifs is 2. The zero-order valence-corrected chi connectivity index (χ0v) is 29.0. The van der Waals surface area contributed by atoms with Crippen LogP contribution >= 0.6 is 0 Å². The number of aromatic nitrogens is 2. The van der Waals surface area contributed by atoms with Crippen molar-refractivity contribution in [3.63, 3.8) is 0 Å². The van der Waals surface area contributed by atoms with Crippen molar-refractivity contribution in [2.75, 3.05) is 0 Å². The molecule has 0 aliphatic carbocycles. The van der Waals surface area contributed by atoms with Crippen LogP contribution in [0, 0.1) is 0 Å². The first kappa shape index (κ1) is 28.3. The van der Waals surface area contributed by atoms with Crippen molar-refractivity contribution < 1.29 is 0 Å². The third-order valence-electron chi connectivity index (χ3n) is 9.47. The Morgan fingerprint density at radius 2 is 0.714 bits per heavy atom. The summed E-state index contributed by atoms with van der Waals surface area (Å²) in [6.45, 7) is 0. The predicted octanol–water partition coefficient (Wildman–Crippen LogP) is 7.19. The second kappa shape index (κ2) is 11.5. The average molecular weight is 734 g/mol. The molecule has 4 aromatic carbocycles. The number of allylic oxidation sites excluding steroid dienone is 4. The first-order valence-electron chi connectivity index (χ1n) is 16.5. The van der Waals surface area contributed by atoms with Gasteiger partial charge >= 0.3 is 297 Å². The van der Waals surface area contributed by atoms with Crippen LogP contribution in [0.25, 0.3) is 22.3 Å². The summed E-state index contributed by atoms with van der Waals surface area (Å²) < 4.78 is 5.25. The van der Waals surface area contributed by atoms with Crippen molar-refractivity contribution in [3.8, 4) is 0 Å². The van der Waals surface area contributed by atoms with E-state index in [0.29, 0.717) is 0 Å². The molecule has 10 rings (SSSR count). The number of aliphatic imine (C=N–C) groups is 2. The van der Waals surface area contributed by atoms with Gasteiger partial charge in [0.05, 0.1) is 0 Å². The molecule has 0 saturated carbocycles. The van der Waals surface area contributed by atoms with E-state index in [-0.39, 0.29) is 0 Å². The van der Waals surface area contributed by atoms with Gasteiger partial charge < -0.3 is 0 Å². The van der Waals surface area contributed by atoms with Gasteiger partial charge in [0.25, 0.3) is 0 Å². The summed E-state index contributed by atoms with van der Waals surface area (Å²) in [5.74, 6) is 0. The molecular weight excluding hydrogens is 706 g/mol. The van der Waals surface area contributed by atoms with Gasteiger partial charge in [0.2, 0.25) is 0 Å². The number of benzene rings is 4. The van der Waals surface area contributed by atoms with Crippen LogP contribution in [-0.4, -0.2) is 39.0 Å². The van der Waals surface area contributed by atoms with Crippen molar-refractivity contribution >= 4 is 55.9 Å². The molecule has 0 spiro atoms. The van der Waals surface area contributed by atoms with Gasteiger partial charge in [-0.25, -0.2) is 0 Å². The summed E-state index contributed by atoms with van der Waals surface area (Å²) in [5, 5.41) is 2.36. The maximum atomic E-state index is 5.45. The van der Waals surface area contributed by atoms with Gasteiger partial charge in [-0.15, -0.1) is 0 Å². The zero-order chi connectivity index (χ0) is 32.3. The Hall–Kier alpha value is -5.70. The van der Waals surface area contributed by atoms with Gasteiger partial charge in [-0.3, -0.25) is 0 Å². The van der Waals surface area contributed by atoms with Gasteiger partial charge in [-0.1, -0.05) is 0 Å². The van der Waals surface area contributed by atoms with E-state index in [1.165, 1.54) is 22.1 Å².